The first-order chi connectivity index (χ1) is 6.79. The predicted octanol–water partition coefficient (Wildman–Crippen LogP) is 2.53. The quantitative estimate of drug-likeness (QED) is 0.817. The van der Waals surface area contributed by atoms with E-state index in [0.717, 1.165) is 16.7 Å². The van der Waals surface area contributed by atoms with Gasteiger partial charge in [-0.05, 0) is 40.9 Å². The number of aryl methyl sites for hydroxylation is 1. The van der Waals surface area contributed by atoms with Gasteiger partial charge in [0.05, 0.1) is 0 Å². The standard InChI is InChI=1S/C11H11NOS/c1-8-2-4-12-6-10(8)11(13)9-3-5-14-7-9/h2-7,11,13H,1H3. The fraction of sp³-hybridized carbons (Fsp3) is 0.182. The molecule has 14 heavy (non-hydrogen) atoms. The molecule has 0 saturated heterocycles. The van der Waals surface area contributed by atoms with E-state index < -0.39 is 6.10 Å². The van der Waals surface area contributed by atoms with Gasteiger partial charge < -0.3 is 5.11 Å². The molecule has 0 amide bonds. The molecule has 0 aliphatic heterocycles. The minimum absolute atomic E-state index is 0.546. The van der Waals surface area contributed by atoms with Gasteiger partial charge in [-0.15, -0.1) is 0 Å². The average Bonchev–Trinajstić information content (AvgIpc) is 2.70. The van der Waals surface area contributed by atoms with Gasteiger partial charge in [-0.1, -0.05) is 0 Å². The minimum Gasteiger partial charge on any atom is -0.384 e. The first-order valence-corrected chi connectivity index (χ1v) is 5.34. The Hall–Kier alpha value is -1.19. The Balaban J connectivity index is 2.37. The summed E-state index contributed by atoms with van der Waals surface area (Å²) in [5, 5.41) is 13.9. The zero-order chi connectivity index (χ0) is 9.97. The van der Waals surface area contributed by atoms with Gasteiger partial charge in [-0.25, -0.2) is 0 Å². The van der Waals surface area contributed by atoms with Crippen LogP contribution in [0, 0.1) is 6.92 Å². The Morgan fingerprint density at radius 2 is 2.29 bits per heavy atom. The van der Waals surface area contributed by atoms with Crippen molar-refractivity contribution in [3.63, 3.8) is 0 Å². The average molecular weight is 205 g/mol. The molecule has 2 aromatic rings. The number of aliphatic hydroxyl groups excluding tert-OH is 1. The normalized spacial score (nSPS) is 12.7. The van der Waals surface area contributed by atoms with Crippen LogP contribution < -0.4 is 0 Å². The molecule has 0 spiro atoms. The monoisotopic (exact) mass is 205 g/mol. The van der Waals surface area contributed by atoms with Crippen LogP contribution in [-0.2, 0) is 0 Å². The Labute approximate surface area is 86.9 Å². The maximum Gasteiger partial charge on any atom is 0.107 e. The van der Waals surface area contributed by atoms with E-state index in [1.54, 1.807) is 23.7 Å². The molecule has 1 unspecified atom stereocenters. The third kappa shape index (κ3) is 1.69. The number of hydrogen-bond acceptors (Lipinski definition) is 3. The highest BCUT2D eigenvalue weighted by Gasteiger charge is 2.12. The molecule has 0 saturated carbocycles. The Kier molecular flexibility index (Phi) is 2.61. The highest BCUT2D eigenvalue weighted by molar-refractivity contribution is 7.07. The van der Waals surface area contributed by atoms with Crippen LogP contribution in [0.15, 0.2) is 35.3 Å². The Morgan fingerprint density at radius 3 is 2.93 bits per heavy atom. The second-order valence-electron chi connectivity index (χ2n) is 3.19. The SMILES string of the molecule is Cc1ccncc1C(O)c1ccsc1. The van der Waals surface area contributed by atoms with Gasteiger partial charge in [0.15, 0.2) is 0 Å². The van der Waals surface area contributed by atoms with Gasteiger partial charge >= 0.3 is 0 Å². The van der Waals surface area contributed by atoms with E-state index in [1.165, 1.54) is 0 Å². The van der Waals surface area contributed by atoms with Crippen LogP contribution in [0.2, 0.25) is 0 Å². The first-order valence-electron chi connectivity index (χ1n) is 4.39. The summed E-state index contributed by atoms with van der Waals surface area (Å²) in [5.74, 6) is 0. The molecule has 2 rings (SSSR count). The zero-order valence-electron chi connectivity index (χ0n) is 7.84. The van der Waals surface area contributed by atoms with Crippen LogP contribution >= 0.6 is 11.3 Å². The molecule has 0 aromatic carbocycles. The lowest BCUT2D eigenvalue weighted by Gasteiger charge is -2.11. The summed E-state index contributed by atoms with van der Waals surface area (Å²) in [6.07, 6.45) is 2.91. The number of aromatic nitrogens is 1. The summed E-state index contributed by atoms with van der Waals surface area (Å²) in [6, 6.07) is 3.84. The van der Waals surface area contributed by atoms with Gasteiger partial charge in [0.25, 0.3) is 0 Å². The van der Waals surface area contributed by atoms with E-state index >= 15 is 0 Å². The number of thiophene rings is 1. The molecule has 2 heterocycles. The van der Waals surface area contributed by atoms with Crippen LogP contribution in [-0.4, -0.2) is 10.1 Å². The summed E-state index contributed by atoms with van der Waals surface area (Å²) in [6.45, 7) is 1.98. The molecule has 0 bridgehead atoms. The van der Waals surface area contributed by atoms with Gasteiger partial charge in [-0.3, -0.25) is 4.98 Å². The summed E-state index contributed by atoms with van der Waals surface area (Å²) >= 11 is 1.59. The van der Waals surface area contributed by atoms with Crippen LogP contribution in [0.3, 0.4) is 0 Å². The topological polar surface area (TPSA) is 33.1 Å². The number of pyridine rings is 1. The molecule has 1 N–H and O–H groups in total. The number of rotatable bonds is 2. The molecule has 0 radical (unpaired) electrons. The number of aliphatic hydroxyl groups is 1. The molecular formula is C11H11NOS. The molecule has 72 valence electrons. The number of nitrogens with zero attached hydrogens (tertiary/aromatic N) is 1. The molecule has 0 aliphatic carbocycles. The van der Waals surface area contributed by atoms with E-state index in [9.17, 15) is 5.11 Å². The van der Waals surface area contributed by atoms with E-state index in [4.69, 9.17) is 0 Å². The third-order valence-electron chi connectivity index (χ3n) is 2.23. The summed E-state index contributed by atoms with van der Waals surface area (Å²) in [5.41, 5.74) is 2.88. The molecule has 1 atom stereocenters. The van der Waals surface area contributed by atoms with Crippen LogP contribution in [0.1, 0.15) is 22.8 Å². The second kappa shape index (κ2) is 3.90. The van der Waals surface area contributed by atoms with Crippen LogP contribution in [0.5, 0.6) is 0 Å². The molecule has 3 heteroatoms. The molecule has 0 fully saturated rings. The summed E-state index contributed by atoms with van der Waals surface area (Å²) in [4.78, 5) is 4.02. The van der Waals surface area contributed by atoms with Crippen molar-refractivity contribution in [3.8, 4) is 0 Å². The highest BCUT2D eigenvalue weighted by Crippen LogP contribution is 2.25. The Morgan fingerprint density at radius 1 is 1.43 bits per heavy atom. The lowest BCUT2D eigenvalue weighted by atomic mass is 10.0. The third-order valence-corrected chi connectivity index (χ3v) is 2.93. The zero-order valence-corrected chi connectivity index (χ0v) is 8.66. The van der Waals surface area contributed by atoms with E-state index in [0.29, 0.717) is 0 Å². The van der Waals surface area contributed by atoms with Crippen molar-refractivity contribution >= 4 is 11.3 Å². The van der Waals surface area contributed by atoms with Gasteiger partial charge in [-0.2, -0.15) is 11.3 Å². The van der Waals surface area contributed by atoms with Gasteiger partial charge in [0.2, 0.25) is 0 Å². The Bertz CT molecular complexity index is 411. The predicted molar refractivity (Wildman–Crippen MR) is 57.4 cm³/mol. The fourth-order valence-corrected chi connectivity index (χ4v) is 2.05. The van der Waals surface area contributed by atoms with Gasteiger partial charge in [0.1, 0.15) is 6.10 Å². The van der Waals surface area contributed by atoms with Crippen molar-refractivity contribution in [2.24, 2.45) is 0 Å². The van der Waals surface area contributed by atoms with Crippen molar-refractivity contribution in [2.45, 2.75) is 13.0 Å². The molecule has 2 nitrogen and oxygen atoms in total. The molecular weight excluding hydrogens is 194 g/mol. The highest BCUT2D eigenvalue weighted by atomic mass is 32.1. The van der Waals surface area contributed by atoms with Crippen molar-refractivity contribution in [1.29, 1.82) is 0 Å². The molecule has 0 aliphatic rings. The number of hydrogen-bond donors (Lipinski definition) is 1. The molecule has 2 aromatic heterocycles. The van der Waals surface area contributed by atoms with Crippen molar-refractivity contribution < 1.29 is 5.11 Å². The maximum absolute atomic E-state index is 10.0. The fourth-order valence-electron chi connectivity index (χ4n) is 1.37. The smallest absolute Gasteiger partial charge is 0.107 e. The van der Waals surface area contributed by atoms with Crippen molar-refractivity contribution in [1.82, 2.24) is 4.98 Å². The maximum atomic E-state index is 10.0. The van der Waals surface area contributed by atoms with E-state index in [2.05, 4.69) is 4.98 Å². The van der Waals surface area contributed by atoms with Crippen molar-refractivity contribution in [2.75, 3.05) is 0 Å². The second-order valence-corrected chi connectivity index (χ2v) is 3.97. The van der Waals surface area contributed by atoms with Crippen LogP contribution in [0.25, 0.3) is 0 Å². The van der Waals surface area contributed by atoms with Gasteiger partial charge in [0, 0.05) is 18.0 Å². The summed E-state index contributed by atoms with van der Waals surface area (Å²) < 4.78 is 0. The largest absolute Gasteiger partial charge is 0.384 e. The van der Waals surface area contributed by atoms with Crippen LogP contribution in [0.4, 0.5) is 0 Å². The first kappa shape index (κ1) is 9.37. The van der Waals surface area contributed by atoms with E-state index in [-0.39, 0.29) is 0 Å². The minimum atomic E-state index is -0.546. The summed E-state index contributed by atoms with van der Waals surface area (Å²) in [7, 11) is 0. The van der Waals surface area contributed by atoms with E-state index in [1.807, 2.05) is 29.8 Å². The lowest BCUT2D eigenvalue weighted by molar-refractivity contribution is 0.219. The lowest BCUT2D eigenvalue weighted by Crippen LogP contribution is -2.00. The van der Waals surface area contributed by atoms with Crippen molar-refractivity contribution in [3.05, 3.63) is 52.0 Å².